The highest BCUT2D eigenvalue weighted by molar-refractivity contribution is 5.69. The Morgan fingerprint density at radius 2 is 1.94 bits per heavy atom. The monoisotopic (exact) mass is 230 g/mol. The molecule has 0 bridgehead atoms. The molecule has 0 aliphatic rings. The Hall–Kier alpha value is -2.23. The van der Waals surface area contributed by atoms with E-state index in [1.165, 1.54) is 4.57 Å². The maximum atomic E-state index is 11.6. The summed E-state index contributed by atoms with van der Waals surface area (Å²) in [6.45, 7) is 0. The zero-order valence-corrected chi connectivity index (χ0v) is 9.81. The molecule has 1 heterocycles. The summed E-state index contributed by atoms with van der Waals surface area (Å²) in [4.78, 5) is 11.6. The lowest BCUT2D eigenvalue weighted by Crippen LogP contribution is -2.14. The predicted octanol–water partition coefficient (Wildman–Crippen LogP) is 1.64. The van der Waals surface area contributed by atoms with E-state index in [0.717, 1.165) is 11.1 Å². The lowest BCUT2D eigenvalue weighted by atomic mass is 10.1. The summed E-state index contributed by atoms with van der Waals surface area (Å²) in [6, 6.07) is 8.86. The number of benzene rings is 1. The number of aromatic nitrogens is 1. The number of rotatable bonds is 2. The second-order valence-corrected chi connectivity index (χ2v) is 3.86. The third-order valence-corrected chi connectivity index (χ3v) is 2.60. The van der Waals surface area contributed by atoms with Crippen LogP contribution in [0.4, 0.5) is 5.69 Å². The molecule has 2 rings (SSSR count). The molecule has 2 N–H and O–H groups in total. The fraction of sp³-hybridized carbons (Fsp3) is 0.154. The third-order valence-electron chi connectivity index (χ3n) is 2.60. The molecule has 0 radical (unpaired) electrons. The molecule has 0 saturated heterocycles. The molecule has 0 aliphatic carbocycles. The van der Waals surface area contributed by atoms with E-state index in [1.54, 1.807) is 32.5 Å². The lowest BCUT2D eigenvalue weighted by Gasteiger charge is -2.07. The fourth-order valence-electron chi connectivity index (χ4n) is 1.63. The first-order valence-electron chi connectivity index (χ1n) is 5.22. The lowest BCUT2D eigenvalue weighted by molar-refractivity contribution is 0.415. The van der Waals surface area contributed by atoms with Gasteiger partial charge in [0.15, 0.2) is 0 Å². The van der Waals surface area contributed by atoms with Gasteiger partial charge in [0.25, 0.3) is 5.56 Å². The average Bonchev–Trinajstić information content (AvgIpc) is 2.32. The number of hydrogen-bond donors (Lipinski definition) is 1. The van der Waals surface area contributed by atoms with Gasteiger partial charge in [-0.15, -0.1) is 0 Å². The zero-order valence-electron chi connectivity index (χ0n) is 9.81. The van der Waals surface area contributed by atoms with Crippen molar-refractivity contribution < 1.29 is 4.74 Å². The van der Waals surface area contributed by atoms with Crippen molar-refractivity contribution in [3.05, 3.63) is 46.9 Å². The standard InChI is InChI=1S/C13H14N2O2/c1-15-4-3-9(7-13(15)16)10-5-11(14)8-12(6-10)17-2/h3-8H,14H2,1-2H3. The number of ether oxygens (including phenoxy) is 1. The minimum Gasteiger partial charge on any atom is -0.497 e. The number of aryl methyl sites for hydroxylation is 1. The molecular formula is C13H14N2O2. The molecule has 1 aromatic carbocycles. The highest BCUT2D eigenvalue weighted by Crippen LogP contribution is 2.26. The maximum absolute atomic E-state index is 11.6. The van der Waals surface area contributed by atoms with Gasteiger partial charge in [-0.2, -0.15) is 0 Å². The number of nitrogens with two attached hydrogens (primary N) is 1. The van der Waals surface area contributed by atoms with Gasteiger partial charge in [0.1, 0.15) is 5.75 Å². The van der Waals surface area contributed by atoms with Crippen molar-refractivity contribution in [2.45, 2.75) is 0 Å². The quantitative estimate of drug-likeness (QED) is 0.798. The van der Waals surface area contributed by atoms with Crippen LogP contribution in [-0.4, -0.2) is 11.7 Å². The van der Waals surface area contributed by atoms with E-state index < -0.39 is 0 Å². The first-order valence-corrected chi connectivity index (χ1v) is 5.22. The van der Waals surface area contributed by atoms with Gasteiger partial charge >= 0.3 is 0 Å². The van der Waals surface area contributed by atoms with Crippen LogP contribution < -0.4 is 16.0 Å². The normalized spacial score (nSPS) is 10.2. The van der Waals surface area contributed by atoms with Gasteiger partial charge in [-0.1, -0.05) is 0 Å². The van der Waals surface area contributed by atoms with Crippen molar-refractivity contribution in [2.75, 3.05) is 12.8 Å². The second-order valence-electron chi connectivity index (χ2n) is 3.86. The van der Waals surface area contributed by atoms with Crippen LogP contribution in [0.3, 0.4) is 0 Å². The molecule has 4 heteroatoms. The summed E-state index contributed by atoms with van der Waals surface area (Å²) < 4.78 is 6.67. The van der Waals surface area contributed by atoms with E-state index in [-0.39, 0.29) is 5.56 Å². The number of pyridine rings is 1. The molecule has 2 aromatic rings. The first kappa shape index (κ1) is 11.3. The van der Waals surface area contributed by atoms with E-state index in [0.29, 0.717) is 11.4 Å². The third kappa shape index (κ3) is 2.30. The van der Waals surface area contributed by atoms with Crippen molar-refractivity contribution in [3.8, 4) is 16.9 Å². The minimum atomic E-state index is -0.0520. The SMILES string of the molecule is COc1cc(N)cc(-c2ccn(C)c(=O)c2)c1. The van der Waals surface area contributed by atoms with E-state index in [4.69, 9.17) is 10.5 Å². The van der Waals surface area contributed by atoms with Gasteiger partial charge in [0.2, 0.25) is 0 Å². The van der Waals surface area contributed by atoms with Crippen LogP contribution in [0.5, 0.6) is 5.75 Å². The number of anilines is 1. The summed E-state index contributed by atoms with van der Waals surface area (Å²) >= 11 is 0. The molecule has 17 heavy (non-hydrogen) atoms. The van der Waals surface area contributed by atoms with Crippen molar-refractivity contribution >= 4 is 5.69 Å². The van der Waals surface area contributed by atoms with Crippen LogP contribution >= 0.6 is 0 Å². The van der Waals surface area contributed by atoms with E-state index >= 15 is 0 Å². The number of nitrogen functional groups attached to an aromatic ring is 1. The Kier molecular flexibility index (Phi) is 2.87. The van der Waals surface area contributed by atoms with Gasteiger partial charge in [-0.05, 0) is 29.3 Å². The Bertz CT molecular complexity index is 603. The molecule has 1 aromatic heterocycles. The molecule has 88 valence electrons. The second kappa shape index (κ2) is 4.33. The Labute approximate surface area is 99.3 Å². The number of nitrogens with zero attached hydrogens (tertiary/aromatic N) is 1. The van der Waals surface area contributed by atoms with Gasteiger partial charge in [0.05, 0.1) is 7.11 Å². The molecular weight excluding hydrogens is 216 g/mol. The molecule has 0 saturated carbocycles. The van der Waals surface area contributed by atoms with Crippen molar-refractivity contribution in [2.24, 2.45) is 7.05 Å². The van der Waals surface area contributed by atoms with Crippen LogP contribution in [0, 0.1) is 0 Å². The van der Waals surface area contributed by atoms with Crippen LogP contribution in [0.15, 0.2) is 41.3 Å². The Morgan fingerprint density at radius 3 is 2.59 bits per heavy atom. The van der Waals surface area contributed by atoms with E-state index in [1.807, 2.05) is 18.2 Å². The first-order chi connectivity index (χ1) is 8.10. The Morgan fingerprint density at radius 1 is 1.18 bits per heavy atom. The predicted molar refractivity (Wildman–Crippen MR) is 68.1 cm³/mol. The van der Waals surface area contributed by atoms with E-state index in [9.17, 15) is 4.79 Å². The Balaban J connectivity index is 2.55. The molecule has 0 fully saturated rings. The van der Waals surface area contributed by atoms with Crippen LogP contribution in [0.25, 0.3) is 11.1 Å². The van der Waals surface area contributed by atoms with Crippen LogP contribution in [-0.2, 0) is 7.05 Å². The summed E-state index contributed by atoms with van der Waals surface area (Å²) in [5, 5.41) is 0. The molecule has 0 amide bonds. The smallest absolute Gasteiger partial charge is 0.250 e. The maximum Gasteiger partial charge on any atom is 0.250 e. The molecule has 0 atom stereocenters. The largest absolute Gasteiger partial charge is 0.497 e. The summed E-state index contributed by atoms with van der Waals surface area (Å²) in [7, 11) is 3.30. The van der Waals surface area contributed by atoms with Crippen molar-refractivity contribution in [1.29, 1.82) is 0 Å². The highest BCUT2D eigenvalue weighted by atomic mass is 16.5. The van der Waals surface area contributed by atoms with Gasteiger partial charge < -0.3 is 15.0 Å². The molecule has 0 spiro atoms. The zero-order chi connectivity index (χ0) is 12.4. The minimum absolute atomic E-state index is 0.0520. The average molecular weight is 230 g/mol. The van der Waals surface area contributed by atoms with Crippen LogP contribution in [0.1, 0.15) is 0 Å². The van der Waals surface area contributed by atoms with E-state index in [2.05, 4.69) is 0 Å². The summed E-state index contributed by atoms with van der Waals surface area (Å²) in [5.74, 6) is 0.681. The molecule has 0 unspecified atom stereocenters. The van der Waals surface area contributed by atoms with Crippen molar-refractivity contribution in [3.63, 3.8) is 0 Å². The van der Waals surface area contributed by atoms with Gasteiger partial charge in [-0.25, -0.2) is 0 Å². The topological polar surface area (TPSA) is 57.2 Å². The molecule has 0 aliphatic heterocycles. The van der Waals surface area contributed by atoms with Crippen LogP contribution in [0.2, 0.25) is 0 Å². The van der Waals surface area contributed by atoms with Crippen molar-refractivity contribution in [1.82, 2.24) is 4.57 Å². The highest BCUT2D eigenvalue weighted by Gasteiger charge is 2.03. The van der Waals surface area contributed by atoms with Gasteiger partial charge in [-0.3, -0.25) is 4.79 Å². The fourth-order valence-corrected chi connectivity index (χ4v) is 1.63. The number of methoxy groups -OCH3 is 1. The summed E-state index contributed by atoms with van der Waals surface area (Å²) in [6.07, 6.45) is 1.73. The number of hydrogen-bond acceptors (Lipinski definition) is 3. The van der Waals surface area contributed by atoms with Gasteiger partial charge in [0, 0.05) is 31.1 Å². The molecule has 4 nitrogen and oxygen atoms in total. The summed E-state index contributed by atoms with van der Waals surface area (Å²) in [5.41, 5.74) is 8.04.